The second kappa shape index (κ2) is 8.77. The average molecular weight is 440 g/mol. The number of fused-ring (bicyclic) bond motifs is 1. The van der Waals surface area contributed by atoms with Gasteiger partial charge in [-0.3, -0.25) is 0 Å². The van der Waals surface area contributed by atoms with Gasteiger partial charge < -0.3 is 19.5 Å². The minimum atomic E-state index is -0.324. The summed E-state index contributed by atoms with van der Waals surface area (Å²) in [5.41, 5.74) is 1.56. The lowest BCUT2D eigenvalue weighted by Crippen LogP contribution is -2.04. The van der Waals surface area contributed by atoms with Crippen molar-refractivity contribution in [2.45, 2.75) is 13.5 Å². The van der Waals surface area contributed by atoms with Crippen molar-refractivity contribution < 1.29 is 18.6 Å². The zero-order valence-electron chi connectivity index (χ0n) is 17.7. The molecular formula is C23H22FN3O3S. The number of thiophene rings is 1. The van der Waals surface area contributed by atoms with Crippen molar-refractivity contribution in [3.05, 3.63) is 59.0 Å². The molecule has 0 fully saturated rings. The zero-order valence-corrected chi connectivity index (χ0v) is 18.5. The van der Waals surface area contributed by atoms with E-state index in [4.69, 9.17) is 14.2 Å². The number of aryl methyl sites for hydroxylation is 1. The number of nitrogens with one attached hydrogen (secondary N) is 1. The fraction of sp³-hybridized carbons (Fsp3) is 0.217. The summed E-state index contributed by atoms with van der Waals surface area (Å²) < 4.78 is 29.8. The molecule has 2 aromatic carbocycles. The molecule has 0 radical (unpaired) electrons. The van der Waals surface area contributed by atoms with Crippen molar-refractivity contribution in [1.82, 2.24) is 9.97 Å². The van der Waals surface area contributed by atoms with Crippen LogP contribution in [0.15, 0.2) is 42.5 Å². The summed E-state index contributed by atoms with van der Waals surface area (Å²) in [4.78, 5) is 11.1. The van der Waals surface area contributed by atoms with E-state index in [0.717, 1.165) is 26.2 Å². The first-order chi connectivity index (χ1) is 15.0. The van der Waals surface area contributed by atoms with Crippen LogP contribution in [0.25, 0.3) is 21.3 Å². The van der Waals surface area contributed by atoms with Crippen LogP contribution in [-0.4, -0.2) is 31.3 Å². The Morgan fingerprint density at radius 2 is 1.71 bits per heavy atom. The van der Waals surface area contributed by atoms with Crippen LogP contribution < -0.4 is 19.5 Å². The highest BCUT2D eigenvalue weighted by molar-refractivity contribution is 7.15. The minimum absolute atomic E-state index is 0.324. The molecule has 31 heavy (non-hydrogen) atoms. The van der Waals surface area contributed by atoms with E-state index in [9.17, 15) is 4.39 Å². The molecule has 4 aromatic rings. The van der Waals surface area contributed by atoms with Crippen molar-refractivity contribution in [1.29, 1.82) is 0 Å². The van der Waals surface area contributed by atoms with Crippen LogP contribution in [0.2, 0.25) is 0 Å². The van der Waals surface area contributed by atoms with E-state index in [1.54, 1.807) is 25.6 Å². The fourth-order valence-corrected chi connectivity index (χ4v) is 4.26. The van der Waals surface area contributed by atoms with Crippen molar-refractivity contribution in [3.63, 3.8) is 0 Å². The van der Waals surface area contributed by atoms with E-state index in [1.807, 2.05) is 37.3 Å². The highest BCUT2D eigenvalue weighted by atomic mass is 32.1. The monoisotopic (exact) mass is 439 g/mol. The van der Waals surface area contributed by atoms with E-state index in [2.05, 4.69) is 15.3 Å². The Morgan fingerprint density at radius 3 is 2.45 bits per heavy atom. The first-order valence-corrected chi connectivity index (χ1v) is 10.4. The van der Waals surface area contributed by atoms with Gasteiger partial charge in [0, 0.05) is 27.3 Å². The van der Waals surface area contributed by atoms with Gasteiger partial charge in [-0.15, -0.1) is 11.3 Å². The number of hydrogen-bond acceptors (Lipinski definition) is 7. The Hall–Kier alpha value is -3.39. The zero-order chi connectivity index (χ0) is 22.0. The highest BCUT2D eigenvalue weighted by Gasteiger charge is 2.13. The maximum atomic E-state index is 13.9. The van der Waals surface area contributed by atoms with Gasteiger partial charge in [-0.1, -0.05) is 0 Å². The van der Waals surface area contributed by atoms with Crippen LogP contribution in [0.1, 0.15) is 10.7 Å². The Kier molecular flexibility index (Phi) is 5.90. The number of ether oxygens (including phenoxy) is 3. The predicted molar refractivity (Wildman–Crippen MR) is 121 cm³/mol. The van der Waals surface area contributed by atoms with Crippen LogP contribution in [0.4, 0.5) is 10.2 Å². The summed E-state index contributed by atoms with van der Waals surface area (Å²) in [6, 6.07) is 12.4. The molecule has 0 spiro atoms. The molecule has 0 aliphatic heterocycles. The average Bonchev–Trinajstić information content (AvgIpc) is 3.25. The number of methoxy groups -OCH3 is 3. The Bertz CT molecular complexity index is 1240. The third-order valence-electron chi connectivity index (χ3n) is 4.80. The van der Waals surface area contributed by atoms with Crippen molar-refractivity contribution in [3.8, 4) is 27.7 Å². The Balaban J connectivity index is 1.61. The third-order valence-corrected chi connectivity index (χ3v) is 5.93. The second-order valence-corrected chi connectivity index (χ2v) is 8.01. The van der Waals surface area contributed by atoms with Crippen molar-refractivity contribution in [2.75, 3.05) is 26.6 Å². The topological polar surface area (TPSA) is 65.5 Å². The van der Waals surface area contributed by atoms with Gasteiger partial charge in [-0.05, 0) is 42.8 Å². The van der Waals surface area contributed by atoms with Crippen LogP contribution in [0.3, 0.4) is 0 Å². The number of anilines is 1. The van der Waals surface area contributed by atoms with E-state index < -0.39 is 0 Å². The number of halogens is 1. The van der Waals surface area contributed by atoms with Gasteiger partial charge in [-0.2, -0.15) is 0 Å². The molecule has 1 N–H and O–H groups in total. The molecular weight excluding hydrogens is 417 g/mol. The molecule has 160 valence electrons. The molecule has 0 atom stereocenters. The Morgan fingerprint density at radius 1 is 0.935 bits per heavy atom. The van der Waals surface area contributed by atoms with Crippen LogP contribution >= 0.6 is 11.3 Å². The smallest absolute Gasteiger partial charge is 0.162 e. The fourth-order valence-electron chi connectivity index (χ4n) is 3.33. The first-order valence-electron chi connectivity index (χ1n) is 9.58. The molecule has 2 aromatic heterocycles. The van der Waals surface area contributed by atoms with E-state index in [0.29, 0.717) is 35.4 Å². The van der Waals surface area contributed by atoms with Crippen LogP contribution in [-0.2, 0) is 6.54 Å². The molecule has 0 aliphatic rings. The van der Waals surface area contributed by atoms with Crippen molar-refractivity contribution in [2.24, 2.45) is 0 Å². The number of benzene rings is 2. The quantitative estimate of drug-likeness (QED) is 0.413. The van der Waals surface area contributed by atoms with Gasteiger partial charge in [0.15, 0.2) is 11.5 Å². The molecule has 0 amide bonds. The van der Waals surface area contributed by atoms with E-state index >= 15 is 0 Å². The first kappa shape index (κ1) is 20.9. The van der Waals surface area contributed by atoms with Crippen LogP contribution in [0.5, 0.6) is 17.2 Å². The molecule has 0 aliphatic carbocycles. The summed E-state index contributed by atoms with van der Waals surface area (Å²) in [6.45, 7) is 2.42. The molecule has 0 saturated carbocycles. The standard InChI is InChI=1S/C23H22FN3O3S/c1-13-26-19-11-21(30-4)20(29-3)10-18(19)23(27-13)25-12-17-5-6-22(31-17)14-7-15(24)9-16(8-14)28-2/h5-11H,12H2,1-4H3,(H,25,26,27). The molecule has 8 heteroatoms. The second-order valence-electron chi connectivity index (χ2n) is 6.84. The molecule has 0 bridgehead atoms. The van der Waals surface area contributed by atoms with Gasteiger partial charge in [0.2, 0.25) is 0 Å². The number of rotatable bonds is 7. The summed E-state index contributed by atoms with van der Waals surface area (Å²) in [6.07, 6.45) is 0. The number of nitrogens with zero attached hydrogens (tertiary/aromatic N) is 2. The summed E-state index contributed by atoms with van der Waals surface area (Å²) in [5, 5.41) is 4.24. The molecule has 6 nitrogen and oxygen atoms in total. The van der Waals surface area contributed by atoms with Gasteiger partial charge in [0.25, 0.3) is 0 Å². The number of hydrogen-bond donors (Lipinski definition) is 1. The minimum Gasteiger partial charge on any atom is -0.497 e. The van der Waals surface area contributed by atoms with Crippen molar-refractivity contribution >= 4 is 28.1 Å². The lowest BCUT2D eigenvalue weighted by atomic mass is 10.2. The summed E-state index contributed by atoms with van der Waals surface area (Å²) in [7, 11) is 4.72. The lowest BCUT2D eigenvalue weighted by molar-refractivity contribution is 0.356. The maximum Gasteiger partial charge on any atom is 0.162 e. The van der Waals surface area contributed by atoms with Gasteiger partial charge in [-0.25, -0.2) is 14.4 Å². The number of aromatic nitrogens is 2. The molecule has 2 heterocycles. The predicted octanol–water partition coefficient (Wildman–Crippen LogP) is 5.44. The molecule has 0 saturated heterocycles. The van der Waals surface area contributed by atoms with Gasteiger partial charge in [0.1, 0.15) is 23.2 Å². The molecule has 4 rings (SSSR count). The SMILES string of the molecule is COc1cc(F)cc(-c2ccc(CNc3nc(C)nc4cc(OC)c(OC)cc34)s2)c1. The van der Waals surface area contributed by atoms with Gasteiger partial charge >= 0.3 is 0 Å². The normalized spacial score (nSPS) is 10.9. The maximum absolute atomic E-state index is 13.9. The Labute approximate surface area is 183 Å². The summed E-state index contributed by atoms with van der Waals surface area (Å²) >= 11 is 1.58. The third kappa shape index (κ3) is 4.39. The van der Waals surface area contributed by atoms with Gasteiger partial charge in [0.05, 0.1) is 33.4 Å². The highest BCUT2D eigenvalue weighted by Crippen LogP contribution is 2.35. The van der Waals surface area contributed by atoms with Crippen LogP contribution in [0, 0.1) is 12.7 Å². The van der Waals surface area contributed by atoms with E-state index in [1.165, 1.54) is 19.2 Å². The molecule has 0 unspecified atom stereocenters. The lowest BCUT2D eigenvalue weighted by Gasteiger charge is -2.12. The largest absolute Gasteiger partial charge is 0.497 e. The van der Waals surface area contributed by atoms with E-state index in [-0.39, 0.29) is 5.82 Å². The summed E-state index contributed by atoms with van der Waals surface area (Å²) in [5.74, 6) is 2.77.